The molecular formula is C4H4N2O3S. The van der Waals surface area contributed by atoms with Crippen molar-refractivity contribution in [3.63, 3.8) is 0 Å². The van der Waals surface area contributed by atoms with Gasteiger partial charge in [0.1, 0.15) is 5.51 Å². The average molecular weight is 160 g/mol. The lowest BCUT2D eigenvalue weighted by Gasteiger charge is -1.96. The first-order valence-corrected chi connectivity index (χ1v) is 3.22. The van der Waals surface area contributed by atoms with Crippen LogP contribution in [0, 0.1) is 0 Å². The third kappa shape index (κ3) is 1.28. The molecule has 6 heteroatoms. The van der Waals surface area contributed by atoms with Crippen molar-refractivity contribution in [3.8, 4) is 0 Å². The van der Waals surface area contributed by atoms with Gasteiger partial charge in [0.05, 0.1) is 0 Å². The van der Waals surface area contributed by atoms with E-state index < -0.39 is 12.1 Å². The van der Waals surface area contributed by atoms with E-state index in [4.69, 9.17) is 10.2 Å². The Kier molecular flexibility index (Phi) is 1.93. The lowest BCUT2D eigenvalue weighted by Crippen LogP contribution is -2.11. The maximum Gasteiger partial charge on any atom is 0.340 e. The number of aliphatic hydroxyl groups is 1. The molecule has 0 saturated heterocycles. The molecule has 0 aliphatic heterocycles. The average Bonchev–Trinajstić information content (AvgIpc) is 2.36. The van der Waals surface area contributed by atoms with Gasteiger partial charge in [0.15, 0.2) is 5.82 Å². The fraction of sp³-hybridized carbons (Fsp3) is 0.250. The summed E-state index contributed by atoms with van der Waals surface area (Å²) in [5.74, 6) is -1.39. The first kappa shape index (κ1) is 7.10. The third-order valence-corrected chi connectivity index (χ3v) is 1.35. The molecule has 54 valence electrons. The van der Waals surface area contributed by atoms with Crippen molar-refractivity contribution in [3.05, 3.63) is 11.3 Å². The van der Waals surface area contributed by atoms with Gasteiger partial charge < -0.3 is 10.2 Å². The number of aliphatic carboxylic acids is 1. The number of aliphatic hydroxyl groups excluding tert-OH is 1. The van der Waals surface area contributed by atoms with E-state index in [-0.39, 0.29) is 5.82 Å². The van der Waals surface area contributed by atoms with Crippen molar-refractivity contribution in [1.29, 1.82) is 0 Å². The molecule has 1 rings (SSSR count). The van der Waals surface area contributed by atoms with Crippen LogP contribution in [0.1, 0.15) is 11.9 Å². The van der Waals surface area contributed by atoms with Gasteiger partial charge in [-0.25, -0.2) is 9.78 Å². The van der Waals surface area contributed by atoms with Crippen LogP contribution in [0.15, 0.2) is 5.51 Å². The molecule has 0 amide bonds. The number of rotatable bonds is 2. The quantitative estimate of drug-likeness (QED) is 0.618. The molecule has 2 N–H and O–H groups in total. The first-order valence-electron chi connectivity index (χ1n) is 2.39. The maximum atomic E-state index is 10.1. The summed E-state index contributed by atoms with van der Waals surface area (Å²) in [6.07, 6.45) is -1.59. The van der Waals surface area contributed by atoms with Gasteiger partial charge in [-0.1, -0.05) is 0 Å². The molecule has 5 nitrogen and oxygen atoms in total. The first-order chi connectivity index (χ1) is 4.72. The van der Waals surface area contributed by atoms with Crippen molar-refractivity contribution in [1.82, 2.24) is 9.36 Å². The summed E-state index contributed by atoms with van der Waals surface area (Å²) in [7, 11) is 0. The Balaban J connectivity index is 2.77. The Labute approximate surface area is 60.1 Å². The minimum Gasteiger partial charge on any atom is -0.479 e. The number of aromatic nitrogens is 2. The van der Waals surface area contributed by atoms with E-state index in [9.17, 15) is 4.79 Å². The highest BCUT2D eigenvalue weighted by Crippen LogP contribution is 2.07. The van der Waals surface area contributed by atoms with E-state index in [2.05, 4.69) is 9.36 Å². The van der Waals surface area contributed by atoms with Gasteiger partial charge in [-0.2, -0.15) is 4.37 Å². The summed E-state index contributed by atoms with van der Waals surface area (Å²) in [6, 6.07) is 0. The molecular weight excluding hydrogens is 156 g/mol. The highest BCUT2D eigenvalue weighted by molar-refractivity contribution is 7.03. The normalized spacial score (nSPS) is 12.9. The number of carboxylic acid groups (broad SMARTS) is 1. The van der Waals surface area contributed by atoms with Crippen LogP contribution in [0.2, 0.25) is 0 Å². The van der Waals surface area contributed by atoms with Crippen LogP contribution in [0.3, 0.4) is 0 Å². The van der Waals surface area contributed by atoms with Crippen LogP contribution in [0.4, 0.5) is 0 Å². The van der Waals surface area contributed by atoms with Gasteiger partial charge in [0.2, 0.25) is 6.10 Å². The Morgan fingerprint density at radius 1 is 1.80 bits per heavy atom. The maximum absolute atomic E-state index is 10.1. The molecule has 1 aromatic rings. The van der Waals surface area contributed by atoms with Gasteiger partial charge in [0, 0.05) is 0 Å². The smallest absolute Gasteiger partial charge is 0.340 e. The largest absolute Gasteiger partial charge is 0.479 e. The molecule has 0 aliphatic rings. The molecule has 10 heavy (non-hydrogen) atoms. The number of carbonyl (C=O) groups is 1. The summed E-state index contributed by atoms with van der Waals surface area (Å²) in [5, 5.41) is 17.0. The molecule has 0 fully saturated rings. The topological polar surface area (TPSA) is 83.3 Å². The van der Waals surface area contributed by atoms with E-state index in [1.165, 1.54) is 5.51 Å². The fourth-order valence-electron chi connectivity index (χ4n) is 0.410. The molecule has 1 atom stereocenters. The summed E-state index contributed by atoms with van der Waals surface area (Å²) >= 11 is 1.00. The van der Waals surface area contributed by atoms with Crippen LogP contribution in [-0.4, -0.2) is 25.5 Å². The summed E-state index contributed by atoms with van der Waals surface area (Å²) in [4.78, 5) is 13.6. The second kappa shape index (κ2) is 2.72. The minimum atomic E-state index is -1.59. The van der Waals surface area contributed by atoms with Gasteiger partial charge in [0.25, 0.3) is 0 Å². The minimum absolute atomic E-state index is 0.0579. The lowest BCUT2D eigenvalue weighted by molar-refractivity contribution is -0.147. The zero-order valence-corrected chi connectivity index (χ0v) is 5.58. The van der Waals surface area contributed by atoms with Crippen LogP contribution in [0.5, 0.6) is 0 Å². The predicted octanol–water partition coefficient (Wildman–Crippen LogP) is -0.344. The Bertz CT molecular complexity index is 222. The third-order valence-electron chi connectivity index (χ3n) is 0.857. The Morgan fingerprint density at radius 3 is 2.90 bits per heavy atom. The summed E-state index contributed by atoms with van der Waals surface area (Å²) in [5.41, 5.74) is 1.36. The second-order valence-corrected chi connectivity index (χ2v) is 2.13. The summed E-state index contributed by atoms with van der Waals surface area (Å²) in [6.45, 7) is 0. The number of nitrogens with zero attached hydrogens (tertiary/aromatic N) is 2. The highest BCUT2D eigenvalue weighted by Gasteiger charge is 2.18. The van der Waals surface area contributed by atoms with Crippen molar-refractivity contribution >= 4 is 17.5 Å². The summed E-state index contributed by atoms with van der Waals surface area (Å²) < 4.78 is 3.54. The standard InChI is InChI=1S/C4H4N2O3S/c7-2(4(8)9)3-5-1-10-6-3/h1-2,7H,(H,8,9). The lowest BCUT2D eigenvalue weighted by atomic mass is 10.3. The second-order valence-electron chi connectivity index (χ2n) is 1.53. The van der Waals surface area contributed by atoms with Gasteiger partial charge in [-0.15, -0.1) is 0 Å². The van der Waals surface area contributed by atoms with Crippen LogP contribution in [0.25, 0.3) is 0 Å². The van der Waals surface area contributed by atoms with Crippen molar-refractivity contribution in [2.24, 2.45) is 0 Å². The molecule has 0 aromatic carbocycles. The zero-order chi connectivity index (χ0) is 7.56. The van der Waals surface area contributed by atoms with E-state index >= 15 is 0 Å². The molecule has 0 saturated carbocycles. The molecule has 1 aromatic heterocycles. The van der Waals surface area contributed by atoms with Gasteiger partial charge in [-0.05, 0) is 11.5 Å². The van der Waals surface area contributed by atoms with E-state index in [1.807, 2.05) is 0 Å². The van der Waals surface area contributed by atoms with Crippen LogP contribution in [-0.2, 0) is 4.79 Å². The number of carboxylic acids is 1. The SMILES string of the molecule is O=C(O)C(O)c1ncsn1. The molecule has 1 unspecified atom stereocenters. The van der Waals surface area contributed by atoms with Crippen molar-refractivity contribution in [2.75, 3.05) is 0 Å². The Morgan fingerprint density at radius 2 is 2.50 bits per heavy atom. The van der Waals surface area contributed by atoms with E-state index in [0.29, 0.717) is 0 Å². The molecule has 0 radical (unpaired) electrons. The monoisotopic (exact) mass is 160 g/mol. The van der Waals surface area contributed by atoms with E-state index in [0.717, 1.165) is 11.5 Å². The fourth-order valence-corrected chi connectivity index (χ4v) is 0.867. The van der Waals surface area contributed by atoms with Gasteiger partial charge >= 0.3 is 5.97 Å². The molecule has 0 bridgehead atoms. The highest BCUT2D eigenvalue weighted by atomic mass is 32.1. The predicted molar refractivity (Wildman–Crippen MR) is 32.5 cm³/mol. The van der Waals surface area contributed by atoms with Crippen LogP contribution >= 0.6 is 11.5 Å². The molecule has 1 heterocycles. The van der Waals surface area contributed by atoms with E-state index in [1.54, 1.807) is 0 Å². The zero-order valence-electron chi connectivity index (χ0n) is 4.76. The van der Waals surface area contributed by atoms with Crippen molar-refractivity contribution < 1.29 is 15.0 Å². The molecule has 0 spiro atoms. The van der Waals surface area contributed by atoms with Crippen LogP contribution < -0.4 is 0 Å². The van der Waals surface area contributed by atoms with Gasteiger partial charge in [-0.3, -0.25) is 0 Å². The number of hydrogen-bond donors (Lipinski definition) is 2. The van der Waals surface area contributed by atoms with Crippen molar-refractivity contribution in [2.45, 2.75) is 6.10 Å². The molecule has 0 aliphatic carbocycles. The Hall–Kier alpha value is -1.01. The number of hydrogen-bond acceptors (Lipinski definition) is 5.